The molecule has 1 aromatic carbocycles. The Kier molecular flexibility index (Phi) is 3.89. The van der Waals surface area contributed by atoms with E-state index in [1.165, 1.54) is 12.8 Å². The van der Waals surface area contributed by atoms with Gasteiger partial charge in [-0.1, -0.05) is 13.8 Å². The van der Waals surface area contributed by atoms with Gasteiger partial charge in [0.1, 0.15) is 5.52 Å². The maximum Gasteiger partial charge on any atom is 0.198 e. The molecule has 0 saturated carbocycles. The largest absolute Gasteiger partial charge is 0.440 e. The van der Waals surface area contributed by atoms with Crippen molar-refractivity contribution in [2.75, 3.05) is 18.9 Å². The maximum absolute atomic E-state index is 5.76. The number of anilines is 1. The minimum absolute atomic E-state index is 0.323. The Hall–Kier alpha value is -1.55. The minimum atomic E-state index is 0.323. The van der Waals surface area contributed by atoms with Crippen LogP contribution in [0.15, 0.2) is 22.6 Å². The van der Waals surface area contributed by atoms with Crippen molar-refractivity contribution < 1.29 is 4.42 Å². The number of fused-ring (bicyclic) bond motifs is 1. The molecule has 2 atom stereocenters. The Balaban J connectivity index is 1.75. The average molecular weight is 287 g/mol. The number of rotatable bonds is 3. The zero-order chi connectivity index (χ0) is 15.0. The number of piperidine rings is 1. The molecule has 1 aliphatic heterocycles. The highest BCUT2D eigenvalue weighted by molar-refractivity contribution is 5.77. The van der Waals surface area contributed by atoms with Crippen LogP contribution in [0.25, 0.3) is 11.1 Å². The molecule has 4 nitrogen and oxygen atoms in total. The maximum atomic E-state index is 5.76. The topological polar surface area (TPSA) is 41.3 Å². The van der Waals surface area contributed by atoms with Crippen LogP contribution in [0.2, 0.25) is 0 Å². The predicted octanol–water partition coefficient (Wildman–Crippen LogP) is 3.85. The van der Waals surface area contributed by atoms with E-state index in [0.29, 0.717) is 18.0 Å². The van der Waals surface area contributed by atoms with Crippen molar-refractivity contribution in [3.8, 4) is 0 Å². The van der Waals surface area contributed by atoms with E-state index in [0.717, 1.165) is 29.2 Å². The first-order chi connectivity index (χ1) is 10.0. The zero-order valence-electron chi connectivity index (χ0n) is 13.4. The Morgan fingerprint density at radius 3 is 2.90 bits per heavy atom. The Labute approximate surface area is 126 Å². The van der Waals surface area contributed by atoms with Gasteiger partial charge < -0.3 is 14.6 Å². The summed E-state index contributed by atoms with van der Waals surface area (Å²) < 4.78 is 5.76. The monoisotopic (exact) mass is 287 g/mol. The summed E-state index contributed by atoms with van der Waals surface area (Å²) in [6.45, 7) is 7.65. The van der Waals surface area contributed by atoms with Gasteiger partial charge in [0.2, 0.25) is 0 Å². The van der Waals surface area contributed by atoms with Crippen molar-refractivity contribution >= 4 is 16.8 Å². The van der Waals surface area contributed by atoms with Crippen LogP contribution in [0.4, 0.5) is 5.69 Å². The number of likely N-dealkylation sites (tertiary alicyclic amines) is 1. The van der Waals surface area contributed by atoms with Crippen LogP contribution in [0, 0.1) is 0 Å². The summed E-state index contributed by atoms with van der Waals surface area (Å²) >= 11 is 0. The number of hydrogen-bond acceptors (Lipinski definition) is 4. The van der Waals surface area contributed by atoms with Gasteiger partial charge in [-0.2, -0.15) is 0 Å². The highest BCUT2D eigenvalue weighted by Crippen LogP contribution is 2.25. The third kappa shape index (κ3) is 3.05. The molecule has 1 aliphatic rings. The molecule has 0 aliphatic carbocycles. The van der Waals surface area contributed by atoms with E-state index in [-0.39, 0.29) is 0 Å². The molecule has 0 spiro atoms. The van der Waals surface area contributed by atoms with Crippen LogP contribution in [0.3, 0.4) is 0 Å². The number of nitrogens with zero attached hydrogens (tertiary/aromatic N) is 2. The SMILES string of the molecule is CC(C)c1nc2cc(NC3CCN(C)C(C)C3)ccc2o1. The summed E-state index contributed by atoms with van der Waals surface area (Å²) in [5, 5.41) is 3.65. The second-order valence-electron chi connectivity index (χ2n) is 6.58. The van der Waals surface area contributed by atoms with Crippen LogP contribution in [-0.2, 0) is 0 Å². The number of benzene rings is 1. The first-order valence-electron chi connectivity index (χ1n) is 7.90. The molecule has 2 heterocycles. The number of nitrogens with one attached hydrogen (secondary N) is 1. The van der Waals surface area contributed by atoms with Gasteiger partial charge in [0.15, 0.2) is 11.5 Å². The van der Waals surface area contributed by atoms with E-state index in [1.54, 1.807) is 0 Å². The van der Waals surface area contributed by atoms with Crippen molar-refractivity contribution in [2.24, 2.45) is 0 Å². The summed E-state index contributed by atoms with van der Waals surface area (Å²) in [5.41, 5.74) is 2.97. The number of oxazole rings is 1. The molecule has 1 N–H and O–H groups in total. The summed E-state index contributed by atoms with van der Waals surface area (Å²) in [6.07, 6.45) is 2.37. The fraction of sp³-hybridized carbons (Fsp3) is 0.588. The molecular weight excluding hydrogens is 262 g/mol. The van der Waals surface area contributed by atoms with E-state index in [2.05, 4.69) is 55.2 Å². The highest BCUT2D eigenvalue weighted by Gasteiger charge is 2.22. The lowest BCUT2D eigenvalue weighted by molar-refractivity contribution is 0.190. The minimum Gasteiger partial charge on any atom is -0.440 e. The lowest BCUT2D eigenvalue weighted by atomic mass is 9.98. The molecule has 4 heteroatoms. The van der Waals surface area contributed by atoms with Gasteiger partial charge in [-0.3, -0.25) is 0 Å². The number of hydrogen-bond donors (Lipinski definition) is 1. The molecule has 1 aromatic heterocycles. The Morgan fingerprint density at radius 1 is 1.38 bits per heavy atom. The molecular formula is C17H25N3O. The van der Waals surface area contributed by atoms with E-state index < -0.39 is 0 Å². The predicted molar refractivity (Wildman–Crippen MR) is 86.8 cm³/mol. The van der Waals surface area contributed by atoms with Crippen molar-refractivity contribution in [3.63, 3.8) is 0 Å². The quantitative estimate of drug-likeness (QED) is 0.931. The molecule has 3 rings (SSSR count). The van der Waals surface area contributed by atoms with Gasteiger partial charge in [-0.15, -0.1) is 0 Å². The summed E-state index contributed by atoms with van der Waals surface area (Å²) in [4.78, 5) is 7.00. The second kappa shape index (κ2) is 5.68. The van der Waals surface area contributed by atoms with Crippen LogP contribution < -0.4 is 5.32 Å². The van der Waals surface area contributed by atoms with Gasteiger partial charge in [0.25, 0.3) is 0 Å². The third-order valence-corrected chi connectivity index (χ3v) is 4.48. The van der Waals surface area contributed by atoms with E-state index in [4.69, 9.17) is 4.42 Å². The zero-order valence-corrected chi connectivity index (χ0v) is 13.4. The molecule has 1 saturated heterocycles. The van der Waals surface area contributed by atoms with Gasteiger partial charge in [0, 0.05) is 30.2 Å². The molecule has 2 unspecified atom stereocenters. The van der Waals surface area contributed by atoms with E-state index in [1.807, 2.05) is 6.07 Å². The van der Waals surface area contributed by atoms with Crippen LogP contribution >= 0.6 is 0 Å². The van der Waals surface area contributed by atoms with Crippen LogP contribution in [0.5, 0.6) is 0 Å². The average Bonchev–Trinajstić information content (AvgIpc) is 2.86. The fourth-order valence-electron chi connectivity index (χ4n) is 2.94. The van der Waals surface area contributed by atoms with Crippen LogP contribution in [-0.4, -0.2) is 35.6 Å². The van der Waals surface area contributed by atoms with Crippen LogP contribution in [0.1, 0.15) is 45.4 Å². The molecule has 114 valence electrons. The lowest BCUT2D eigenvalue weighted by Gasteiger charge is -2.35. The standard InChI is InChI=1S/C17H25N3O/c1-11(2)17-19-15-10-13(5-6-16(15)21-17)18-14-7-8-20(4)12(3)9-14/h5-6,10-12,14,18H,7-9H2,1-4H3. The Morgan fingerprint density at radius 2 is 2.19 bits per heavy atom. The smallest absolute Gasteiger partial charge is 0.198 e. The molecule has 0 bridgehead atoms. The van der Waals surface area contributed by atoms with Crippen molar-refractivity contribution in [2.45, 2.75) is 51.6 Å². The second-order valence-corrected chi connectivity index (χ2v) is 6.58. The third-order valence-electron chi connectivity index (χ3n) is 4.48. The van der Waals surface area contributed by atoms with Gasteiger partial charge in [0.05, 0.1) is 0 Å². The first-order valence-corrected chi connectivity index (χ1v) is 7.90. The molecule has 0 radical (unpaired) electrons. The molecule has 2 aromatic rings. The summed E-state index contributed by atoms with van der Waals surface area (Å²) in [6, 6.07) is 7.41. The van der Waals surface area contributed by atoms with Crippen molar-refractivity contribution in [1.29, 1.82) is 0 Å². The van der Waals surface area contributed by atoms with Gasteiger partial charge >= 0.3 is 0 Å². The van der Waals surface area contributed by atoms with Gasteiger partial charge in [-0.25, -0.2) is 4.98 Å². The van der Waals surface area contributed by atoms with E-state index >= 15 is 0 Å². The first kappa shape index (κ1) is 14.4. The summed E-state index contributed by atoms with van der Waals surface area (Å²) in [7, 11) is 2.20. The lowest BCUT2D eigenvalue weighted by Crippen LogP contribution is -2.42. The molecule has 21 heavy (non-hydrogen) atoms. The Bertz CT molecular complexity index is 620. The summed E-state index contributed by atoms with van der Waals surface area (Å²) in [5.74, 6) is 1.14. The fourth-order valence-corrected chi connectivity index (χ4v) is 2.94. The number of aromatic nitrogens is 1. The van der Waals surface area contributed by atoms with Crippen molar-refractivity contribution in [1.82, 2.24) is 9.88 Å². The molecule has 1 fully saturated rings. The molecule has 0 amide bonds. The highest BCUT2D eigenvalue weighted by atomic mass is 16.3. The van der Waals surface area contributed by atoms with E-state index in [9.17, 15) is 0 Å². The van der Waals surface area contributed by atoms with Crippen molar-refractivity contribution in [3.05, 3.63) is 24.1 Å². The normalized spacial score (nSPS) is 23.9. The van der Waals surface area contributed by atoms with Gasteiger partial charge in [-0.05, 0) is 45.0 Å².